The van der Waals surface area contributed by atoms with E-state index in [9.17, 15) is 4.79 Å². The van der Waals surface area contributed by atoms with Gasteiger partial charge in [0.15, 0.2) is 0 Å². The van der Waals surface area contributed by atoms with Crippen LogP contribution in [0.15, 0.2) is 47.4 Å². The second-order valence-corrected chi connectivity index (χ2v) is 4.55. The fourth-order valence-electron chi connectivity index (χ4n) is 2.21. The first-order valence-electron chi connectivity index (χ1n) is 6.43. The molecule has 0 aliphatic rings. The molecule has 0 bridgehead atoms. The topological polar surface area (TPSA) is 64.2 Å². The number of pyridine rings is 2. The molecule has 0 aliphatic heterocycles. The largest absolute Gasteiger partial charge is 0.497 e. The van der Waals surface area contributed by atoms with Gasteiger partial charge in [-0.2, -0.15) is 0 Å². The monoisotopic (exact) mass is 282 g/mol. The summed E-state index contributed by atoms with van der Waals surface area (Å²) in [6.07, 6.45) is 1.66. The van der Waals surface area contributed by atoms with Gasteiger partial charge in [-0.05, 0) is 30.3 Å². The quantitative estimate of drug-likeness (QED) is 0.802. The maximum atomic E-state index is 12.1. The molecule has 5 nitrogen and oxygen atoms in total. The number of rotatable bonds is 3. The van der Waals surface area contributed by atoms with Crippen LogP contribution < -0.4 is 15.0 Å². The second kappa shape index (κ2) is 5.28. The van der Waals surface area contributed by atoms with Gasteiger partial charge in [0.25, 0.3) is 5.56 Å². The minimum atomic E-state index is -0.169. The summed E-state index contributed by atoms with van der Waals surface area (Å²) in [5.41, 5.74) is 1.95. The Morgan fingerprint density at radius 2 is 1.76 bits per heavy atom. The number of nitrogens with one attached hydrogen (secondary N) is 1. The minimum Gasteiger partial charge on any atom is -0.497 e. The third-order valence-corrected chi connectivity index (χ3v) is 3.27. The van der Waals surface area contributed by atoms with Crippen molar-refractivity contribution in [3.8, 4) is 22.8 Å². The molecule has 3 aromatic rings. The molecule has 0 fully saturated rings. The zero-order valence-electron chi connectivity index (χ0n) is 11.7. The van der Waals surface area contributed by atoms with Crippen LogP contribution in [0.25, 0.3) is 22.2 Å². The number of benzene rings is 1. The van der Waals surface area contributed by atoms with Gasteiger partial charge in [0.05, 0.1) is 30.8 Å². The van der Waals surface area contributed by atoms with Gasteiger partial charge in [0.1, 0.15) is 11.5 Å². The molecule has 0 aliphatic carbocycles. The molecule has 1 aromatic carbocycles. The standard InChI is InChI=1S/C16H14N2O3/c1-20-11-6-10(7-12(8-11)21-2)14-9-15-13(16(19)18-14)4-3-5-17-15/h3-9H,1-2H3,(H,18,19). The molecular weight excluding hydrogens is 268 g/mol. The first-order chi connectivity index (χ1) is 10.2. The molecule has 106 valence electrons. The molecule has 21 heavy (non-hydrogen) atoms. The number of hydrogen-bond donors (Lipinski definition) is 1. The van der Waals surface area contributed by atoms with E-state index in [0.29, 0.717) is 28.1 Å². The first kappa shape index (κ1) is 13.2. The van der Waals surface area contributed by atoms with Gasteiger partial charge < -0.3 is 14.5 Å². The molecule has 0 saturated carbocycles. The second-order valence-electron chi connectivity index (χ2n) is 4.55. The van der Waals surface area contributed by atoms with Gasteiger partial charge in [0, 0.05) is 17.8 Å². The molecular formula is C16H14N2O3. The average molecular weight is 282 g/mol. The van der Waals surface area contributed by atoms with E-state index in [-0.39, 0.29) is 5.56 Å². The lowest BCUT2D eigenvalue weighted by atomic mass is 10.1. The summed E-state index contributed by atoms with van der Waals surface area (Å²) in [5, 5.41) is 0.566. The number of ether oxygens (including phenoxy) is 2. The zero-order chi connectivity index (χ0) is 14.8. The summed E-state index contributed by atoms with van der Waals surface area (Å²) in [6.45, 7) is 0. The molecule has 2 heterocycles. The summed E-state index contributed by atoms with van der Waals surface area (Å²) < 4.78 is 10.5. The predicted molar refractivity (Wildman–Crippen MR) is 80.9 cm³/mol. The van der Waals surface area contributed by atoms with Crippen LogP contribution in [0.3, 0.4) is 0 Å². The highest BCUT2D eigenvalue weighted by molar-refractivity contribution is 5.81. The maximum Gasteiger partial charge on any atom is 0.257 e. The van der Waals surface area contributed by atoms with Crippen LogP contribution in [0.4, 0.5) is 0 Å². The van der Waals surface area contributed by atoms with Crippen LogP contribution in [0, 0.1) is 0 Å². The Bertz CT molecular complexity index is 833. The van der Waals surface area contributed by atoms with E-state index in [1.165, 1.54) is 0 Å². The van der Waals surface area contributed by atoms with Gasteiger partial charge in [-0.3, -0.25) is 9.78 Å². The van der Waals surface area contributed by atoms with Gasteiger partial charge in [-0.15, -0.1) is 0 Å². The molecule has 0 atom stereocenters. The highest BCUT2D eigenvalue weighted by Crippen LogP contribution is 2.29. The third kappa shape index (κ3) is 2.45. The average Bonchev–Trinajstić information content (AvgIpc) is 2.54. The van der Waals surface area contributed by atoms with E-state index in [1.807, 2.05) is 18.2 Å². The Balaban J connectivity index is 2.22. The molecule has 1 N–H and O–H groups in total. The molecule has 0 amide bonds. The number of hydrogen-bond acceptors (Lipinski definition) is 4. The molecule has 5 heteroatoms. The Morgan fingerprint density at radius 1 is 1.05 bits per heavy atom. The smallest absolute Gasteiger partial charge is 0.257 e. The van der Waals surface area contributed by atoms with Crippen molar-refractivity contribution in [3.63, 3.8) is 0 Å². The van der Waals surface area contributed by atoms with Crippen molar-refractivity contribution in [2.45, 2.75) is 0 Å². The van der Waals surface area contributed by atoms with Crippen molar-refractivity contribution in [1.29, 1.82) is 0 Å². The fraction of sp³-hybridized carbons (Fsp3) is 0.125. The number of methoxy groups -OCH3 is 2. The fourth-order valence-corrected chi connectivity index (χ4v) is 2.21. The highest BCUT2D eigenvalue weighted by atomic mass is 16.5. The first-order valence-corrected chi connectivity index (χ1v) is 6.43. The lowest BCUT2D eigenvalue weighted by Crippen LogP contribution is -2.07. The van der Waals surface area contributed by atoms with E-state index >= 15 is 0 Å². The van der Waals surface area contributed by atoms with Gasteiger partial charge in [-0.1, -0.05) is 0 Å². The Kier molecular flexibility index (Phi) is 3.31. The van der Waals surface area contributed by atoms with Crippen LogP contribution in [0.2, 0.25) is 0 Å². The van der Waals surface area contributed by atoms with Gasteiger partial charge >= 0.3 is 0 Å². The molecule has 2 aromatic heterocycles. The minimum absolute atomic E-state index is 0.169. The number of H-pyrrole nitrogens is 1. The van der Waals surface area contributed by atoms with Crippen molar-refractivity contribution in [1.82, 2.24) is 9.97 Å². The van der Waals surface area contributed by atoms with Crippen LogP contribution >= 0.6 is 0 Å². The maximum absolute atomic E-state index is 12.1. The van der Waals surface area contributed by atoms with Crippen molar-refractivity contribution >= 4 is 10.9 Å². The highest BCUT2D eigenvalue weighted by Gasteiger charge is 2.08. The van der Waals surface area contributed by atoms with Crippen molar-refractivity contribution in [2.24, 2.45) is 0 Å². The lowest BCUT2D eigenvalue weighted by molar-refractivity contribution is 0.394. The third-order valence-electron chi connectivity index (χ3n) is 3.27. The van der Waals surface area contributed by atoms with Gasteiger partial charge in [-0.25, -0.2) is 0 Å². The molecule has 3 rings (SSSR count). The van der Waals surface area contributed by atoms with E-state index < -0.39 is 0 Å². The van der Waals surface area contributed by atoms with E-state index in [4.69, 9.17) is 9.47 Å². The van der Waals surface area contributed by atoms with Crippen molar-refractivity contribution in [2.75, 3.05) is 14.2 Å². The Labute approximate surface area is 121 Å². The van der Waals surface area contributed by atoms with Crippen molar-refractivity contribution < 1.29 is 9.47 Å². The van der Waals surface area contributed by atoms with Crippen LogP contribution in [-0.4, -0.2) is 24.2 Å². The number of aromatic amines is 1. The van der Waals surface area contributed by atoms with Crippen LogP contribution in [-0.2, 0) is 0 Å². The summed E-state index contributed by atoms with van der Waals surface area (Å²) in [6, 6.07) is 10.8. The Hall–Kier alpha value is -2.82. The summed E-state index contributed by atoms with van der Waals surface area (Å²) >= 11 is 0. The zero-order valence-corrected chi connectivity index (χ0v) is 11.7. The van der Waals surface area contributed by atoms with E-state index in [0.717, 1.165) is 5.56 Å². The summed E-state index contributed by atoms with van der Waals surface area (Å²) in [7, 11) is 3.17. The van der Waals surface area contributed by atoms with Crippen LogP contribution in [0.1, 0.15) is 0 Å². The molecule has 0 spiro atoms. The number of fused-ring (bicyclic) bond motifs is 1. The lowest BCUT2D eigenvalue weighted by Gasteiger charge is -2.09. The van der Waals surface area contributed by atoms with Crippen molar-refractivity contribution in [3.05, 3.63) is 52.9 Å². The van der Waals surface area contributed by atoms with E-state index in [2.05, 4.69) is 9.97 Å². The number of aromatic nitrogens is 2. The molecule has 0 radical (unpaired) electrons. The normalized spacial score (nSPS) is 10.6. The van der Waals surface area contributed by atoms with Gasteiger partial charge in [0.2, 0.25) is 0 Å². The number of nitrogens with zero attached hydrogens (tertiary/aromatic N) is 1. The van der Waals surface area contributed by atoms with E-state index in [1.54, 1.807) is 38.6 Å². The van der Waals surface area contributed by atoms with Crippen LogP contribution in [0.5, 0.6) is 11.5 Å². The Morgan fingerprint density at radius 3 is 2.43 bits per heavy atom. The SMILES string of the molecule is COc1cc(OC)cc(-c2cc3ncccc3c(=O)[nH]2)c1. The molecule has 0 saturated heterocycles. The predicted octanol–water partition coefficient (Wildman–Crippen LogP) is 2.61. The summed E-state index contributed by atoms with van der Waals surface area (Å²) in [4.78, 5) is 19.2. The molecule has 0 unspecified atom stereocenters. The summed E-state index contributed by atoms with van der Waals surface area (Å²) in [5.74, 6) is 1.32.